The summed E-state index contributed by atoms with van der Waals surface area (Å²) in [5, 5.41) is 0. The van der Waals surface area contributed by atoms with E-state index in [-0.39, 0.29) is 23.3 Å². The first-order chi connectivity index (χ1) is 8.39. The standard InChI is InChI=1S/C12H22N2O3S/c1-13(2)11-4-3-6-14(8-11)12(15)10-5-7-18(16,17)9-10/h10-11H,3-9H2,1-2H3/t10-,11+/m1/s1. The minimum absolute atomic E-state index is 0.0441. The number of nitrogens with zero attached hydrogens (tertiary/aromatic N) is 2. The average Bonchev–Trinajstić information content (AvgIpc) is 2.69. The summed E-state index contributed by atoms with van der Waals surface area (Å²) < 4.78 is 22.8. The highest BCUT2D eigenvalue weighted by Gasteiger charge is 2.36. The summed E-state index contributed by atoms with van der Waals surface area (Å²) >= 11 is 0. The predicted octanol–water partition coefficient (Wildman–Crippen LogP) is -0.0263. The van der Waals surface area contributed by atoms with Gasteiger partial charge >= 0.3 is 0 Å². The first-order valence-electron chi connectivity index (χ1n) is 6.55. The molecule has 0 N–H and O–H groups in total. The Balaban J connectivity index is 1.97. The number of carbonyl (C=O) groups excluding carboxylic acids is 1. The maximum absolute atomic E-state index is 12.3. The molecular formula is C12H22N2O3S. The number of hydrogen-bond donors (Lipinski definition) is 0. The first kappa shape index (κ1) is 13.8. The number of hydrogen-bond acceptors (Lipinski definition) is 4. The Labute approximate surface area is 109 Å². The van der Waals surface area contributed by atoms with Crippen LogP contribution < -0.4 is 0 Å². The molecule has 2 heterocycles. The zero-order valence-electron chi connectivity index (χ0n) is 11.1. The van der Waals surface area contributed by atoms with E-state index in [4.69, 9.17) is 0 Å². The summed E-state index contributed by atoms with van der Waals surface area (Å²) in [7, 11) is 1.09. The van der Waals surface area contributed by atoms with Crippen LogP contribution in [0.4, 0.5) is 0 Å². The highest BCUT2D eigenvalue weighted by Crippen LogP contribution is 2.23. The normalized spacial score (nSPS) is 31.8. The van der Waals surface area contributed by atoms with Gasteiger partial charge in [-0.15, -0.1) is 0 Å². The quantitative estimate of drug-likeness (QED) is 0.710. The maximum Gasteiger partial charge on any atom is 0.226 e. The van der Waals surface area contributed by atoms with Crippen molar-refractivity contribution in [3.8, 4) is 0 Å². The lowest BCUT2D eigenvalue weighted by Crippen LogP contribution is -2.49. The number of rotatable bonds is 2. The number of likely N-dealkylation sites (tertiary alicyclic amines) is 1. The number of carbonyl (C=O) groups is 1. The van der Waals surface area contributed by atoms with Gasteiger partial charge in [-0.1, -0.05) is 0 Å². The molecule has 2 atom stereocenters. The van der Waals surface area contributed by atoms with Crippen LogP contribution in [0.3, 0.4) is 0 Å². The molecule has 1 amide bonds. The van der Waals surface area contributed by atoms with Crippen molar-refractivity contribution in [2.75, 3.05) is 38.7 Å². The fourth-order valence-electron chi connectivity index (χ4n) is 2.82. The van der Waals surface area contributed by atoms with Gasteiger partial charge in [0.05, 0.1) is 17.4 Å². The Kier molecular flexibility index (Phi) is 3.96. The SMILES string of the molecule is CN(C)[C@H]1CCCN(C(=O)[C@@H]2CCS(=O)(=O)C2)C1. The van der Waals surface area contributed by atoms with Gasteiger partial charge in [0.2, 0.25) is 5.91 Å². The van der Waals surface area contributed by atoms with Crippen molar-refractivity contribution in [1.82, 2.24) is 9.80 Å². The molecule has 104 valence electrons. The fourth-order valence-corrected chi connectivity index (χ4v) is 4.56. The molecule has 2 aliphatic rings. The second-order valence-electron chi connectivity index (χ2n) is 5.64. The Morgan fingerprint density at radius 3 is 2.56 bits per heavy atom. The smallest absolute Gasteiger partial charge is 0.226 e. The molecule has 0 aromatic rings. The van der Waals surface area contributed by atoms with E-state index in [9.17, 15) is 13.2 Å². The Hall–Kier alpha value is -0.620. The van der Waals surface area contributed by atoms with Crippen molar-refractivity contribution in [3.05, 3.63) is 0 Å². The number of likely N-dealkylation sites (N-methyl/N-ethyl adjacent to an activating group) is 1. The molecule has 5 nitrogen and oxygen atoms in total. The summed E-state index contributed by atoms with van der Waals surface area (Å²) in [4.78, 5) is 16.3. The molecule has 2 rings (SSSR count). The third-order valence-electron chi connectivity index (χ3n) is 4.02. The van der Waals surface area contributed by atoms with E-state index >= 15 is 0 Å². The lowest BCUT2D eigenvalue weighted by Gasteiger charge is -2.37. The zero-order valence-corrected chi connectivity index (χ0v) is 11.9. The Bertz CT molecular complexity index is 419. The summed E-state index contributed by atoms with van der Waals surface area (Å²) in [6.45, 7) is 1.52. The van der Waals surface area contributed by atoms with Crippen molar-refractivity contribution < 1.29 is 13.2 Å². The topological polar surface area (TPSA) is 57.7 Å². The van der Waals surface area contributed by atoms with Gasteiger partial charge in [0.25, 0.3) is 0 Å². The number of amides is 1. The van der Waals surface area contributed by atoms with Crippen LogP contribution in [0.5, 0.6) is 0 Å². The molecule has 0 spiro atoms. The van der Waals surface area contributed by atoms with Crippen molar-refractivity contribution in [3.63, 3.8) is 0 Å². The molecule has 0 aliphatic carbocycles. The van der Waals surface area contributed by atoms with E-state index in [0.29, 0.717) is 12.5 Å². The molecule has 2 saturated heterocycles. The van der Waals surface area contributed by atoms with E-state index in [1.54, 1.807) is 0 Å². The van der Waals surface area contributed by atoms with Crippen LogP contribution in [-0.4, -0.2) is 68.9 Å². The highest BCUT2D eigenvalue weighted by atomic mass is 32.2. The summed E-state index contributed by atoms with van der Waals surface area (Å²) in [5.74, 6) is -0.0258. The third kappa shape index (κ3) is 3.03. The molecule has 6 heteroatoms. The van der Waals surface area contributed by atoms with Gasteiger partial charge in [-0.05, 0) is 33.4 Å². The van der Waals surface area contributed by atoms with Gasteiger partial charge in [0.1, 0.15) is 0 Å². The monoisotopic (exact) mass is 274 g/mol. The van der Waals surface area contributed by atoms with E-state index in [1.165, 1.54) is 0 Å². The molecule has 2 fully saturated rings. The molecule has 18 heavy (non-hydrogen) atoms. The van der Waals surface area contributed by atoms with Crippen LogP contribution in [0.25, 0.3) is 0 Å². The highest BCUT2D eigenvalue weighted by molar-refractivity contribution is 7.91. The number of piperidine rings is 1. The summed E-state index contributed by atoms with van der Waals surface area (Å²) in [6, 6.07) is 0.403. The molecule has 0 saturated carbocycles. The first-order valence-corrected chi connectivity index (χ1v) is 8.37. The second kappa shape index (κ2) is 5.17. The van der Waals surface area contributed by atoms with E-state index in [0.717, 1.165) is 25.9 Å². The summed E-state index contributed by atoms with van der Waals surface area (Å²) in [6.07, 6.45) is 2.62. The van der Waals surface area contributed by atoms with Gasteiger partial charge in [-0.3, -0.25) is 4.79 Å². The fraction of sp³-hybridized carbons (Fsp3) is 0.917. The van der Waals surface area contributed by atoms with Gasteiger partial charge in [-0.2, -0.15) is 0 Å². The maximum atomic E-state index is 12.3. The van der Waals surface area contributed by atoms with Crippen molar-refractivity contribution in [2.24, 2.45) is 5.92 Å². The summed E-state index contributed by atoms with van der Waals surface area (Å²) in [5.41, 5.74) is 0. The van der Waals surface area contributed by atoms with Crippen LogP contribution in [-0.2, 0) is 14.6 Å². The largest absolute Gasteiger partial charge is 0.341 e. The van der Waals surface area contributed by atoms with Crippen LogP contribution >= 0.6 is 0 Å². The van der Waals surface area contributed by atoms with E-state index < -0.39 is 9.84 Å². The van der Waals surface area contributed by atoms with Crippen LogP contribution in [0, 0.1) is 5.92 Å². The minimum atomic E-state index is -2.97. The van der Waals surface area contributed by atoms with E-state index in [2.05, 4.69) is 4.90 Å². The second-order valence-corrected chi connectivity index (χ2v) is 7.87. The number of sulfone groups is 1. The zero-order chi connectivity index (χ0) is 13.3. The van der Waals surface area contributed by atoms with E-state index in [1.807, 2.05) is 19.0 Å². The van der Waals surface area contributed by atoms with Gasteiger partial charge in [0, 0.05) is 19.1 Å². The van der Waals surface area contributed by atoms with Crippen LogP contribution in [0.2, 0.25) is 0 Å². The Morgan fingerprint density at radius 2 is 2.00 bits per heavy atom. The molecule has 0 unspecified atom stereocenters. The van der Waals surface area contributed by atoms with Crippen LogP contribution in [0.1, 0.15) is 19.3 Å². The Morgan fingerprint density at radius 1 is 1.28 bits per heavy atom. The molecule has 0 aromatic carbocycles. The van der Waals surface area contributed by atoms with Gasteiger partial charge in [0.15, 0.2) is 9.84 Å². The molecule has 0 aromatic heterocycles. The van der Waals surface area contributed by atoms with Crippen LogP contribution in [0.15, 0.2) is 0 Å². The van der Waals surface area contributed by atoms with Gasteiger partial charge < -0.3 is 9.80 Å². The molecule has 2 aliphatic heterocycles. The third-order valence-corrected chi connectivity index (χ3v) is 5.79. The van der Waals surface area contributed by atoms with Crippen molar-refractivity contribution >= 4 is 15.7 Å². The molecule has 0 radical (unpaired) electrons. The van der Waals surface area contributed by atoms with Gasteiger partial charge in [-0.25, -0.2) is 8.42 Å². The molecular weight excluding hydrogens is 252 g/mol. The van der Waals surface area contributed by atoms with Crippen molar-refractivity contribution in [1.29, 1.82) is 0 Å². The molecule has 0 bridgehead atoms. The van der Waals surface area contributed by atoms with Crippen molar-refractivity contribution in [2.45, 2.75) is 25.3 Å². The lowest BCUT2D eigenvalue weighted by molar-refractivity contribution is -0.136. The predicted molar refractivity (Wildman–Crippen MR) is 70.0 cm³/mol. The average molecular weight is 274 g/mol. The minimum Gasteiger partial charge on any atom is -0.341 e. The lowest BCUT2D eigenvalue weighted by atomic mass is 10.0.